The van der Waals surface area contributed by atoms with Crippen LogP contribution >= 0.6 is 11.6 Å². The van der Waals surface area contributed by atoms with Gasteiger partial charge >= 0.3 is 6.18 Å². The first-order chi connectivity index (χ1) is 11.3. The van der Waals surface area contributed by atoms with Crippen LogP contribution in [0.2, 0.25) is 5.02 Å². The van der Waals surface area contributed by atoms with Crippen molar-refractivity contribution in [2.75, 3.05) is 20.2 Å². The predicted octanol–water partition coefficient (Wildman–Crippen LogP) is 4.41. The second kappa shape index (κ2) is 7.57. The van der Waals surface area contributed by atoms with Crippen LogP contribution < -0.4 is 4.74 Å². The fraction of sp³-hybridized carbons (Fsp3) is 0.235. The van der Waals surface area contributed by atoms with E-state index in [1.807, 2.05) is 30.3 Å². The van der Waals surface area contributed by atoms with Gasteiger partial charge in [-0.1, -0.05) is 48.0 Å². The maximum Gasteiger partial charge on any atom is 0.406 e. The molecule has 128 valence electrons. The average molecular weight is 358 g/mol. The molecule has 0 aliphatic heterocycles. The number of carbonyl (C=O) groups excluding carboxylic acids is 1. The molecular weight excluding hydrogens is 343 g/mol. The number of amides is 1. The van der Waals surface area contributed by atoms with Crippen molar-refractivity contribution in [3.8, 4) is 16.9 Å². The fourth-order valence-corrected chi connectivity index (χ4v) is 2.27. The molecule has 3 nitrogen and oxygen atoms in total. The molecule has 1 amide bonds. The fourth-order valence-electron chi connectivity index (χ4n) is 2.03. The Labute approximate surface area is 142 Å². The van der Waals surface area contributed by atoms with Gasteiger partial charge in [-0.25, -0.2) is 0 Å². The summed E-state index contributed by atoms with van der Waals surface area (Å²) in [5.74, 6) is -0.541. The zero-order valence-corrected chi connectivity index (χ0v) is 13.6. The third-order valence-electron chi connectivity index (χ3n) is 3.23. The standard InChI is InChI=1S/C17H15ClF3NO2/c1-22(11-17(19,20)21)16(23)10-24-15-8-7-13(9-14(15)18)12-5-3-2-4-6-12/h2-9H,10-11H2,1H3. The molecule has 2 aromatic carbocycles. The van der Waals surface area contributed by atoms with E-state index in [0.717, 1.165) is 18.2 Å². The van der Waals surface area contributed by atoms with Gasteiger partial charge in [0.15, 0.2) is 6.61 Å². The second-order valence-corrected chi connectivity index (χ2v) is 5.57. The van der Waals surface area contributed by atoms with Crippen LogP contribution in [0.4, 0.5) is 13.2 Å². The predicted molar refractivity (Wildman–Crippen MR) is 86.1 cm³/mol. The lowest BCUT2D eigenvalue weighted by atomic mass is 10.1. The van der Waals surface area contributed by atoms with Crippen molar-refractivity contribution in [1.29, 1.82) is 0 Å². The molecule has 24 heavy (non-hydrogen) atoms. The summed E-state index contributed by atoms with van der Waals surface area (Å²) in [6.45, 7) is -1.84. The van der Waals surface area contributed by atoms with Gasteiger partial charge in [-0.15, -0.1) is 0 Å². The van der Waals surface area contributed by atoms with Gasteiger partial charge in [-0.2, -0.15) is 13.2 Å². The lowest BCUT2D eigenvalue weighted by molar-refractivity contribution is -0.159. The van der Waals surface area contributed by atoms with E-state index in [9.17, 15) is 18.0 Å². The van der Waals surface area contributed by atoms with Crippen LogP contribution in [0.5, 0.6) is 5.75 Å². The van der Waals surface area contributed by atoms with E-state index in [0.29, 0.717) is 4.90 Å². The van der Waals surface area contributed by atoms with Crippen LogP contribution in [-0.2, 0) is 4.79 Å². The molecule has 0 radical (unpaired) electrons. The van der Waals surface area contributed by atoms with E-state index < -0.39 is 25.2 Å². The molecule has 0 atom stereocenters. The van der Waals surface area contributed by atoms with Crippen LogP contribution in [-0.4, -0.2) is 37.2 Å². The number of ether oxygens (including phenoxy) is 1. The SMILES string of the molecule is CN(CC(F)(F)F)C(=O)COc1ccc(-c2ccccc2)cc1Cl. The van der Waals surface area contributed by atoms with Crippen molar-refractivity contribution in [1.82, 2.24) is 4.90 Å². The van der Waals surface area contributed by atoms with Gasteiger partial charge in [0, 0.05) is 7.05 Å². The molecule has 0 aliphatic carbocycles. The molecule has 0 aliphatic rings. The number of alkyl halides is 3. The van der Waals surface area contributed by atoms with Gasteiger partial charge in [0.05, 0.1) is 5.02 Å². The minimum atomic E-state index is -4.45. The third kappa shape index (κ3) is 5.16. The van der Waals surface area contributed by atoms with Crippen LogP contribution in [0, 0.1) is 0 Å². The van der Waals surface area contributed by atoms with Crippen LogP contribution in [0.1, 0.15) is 0 Å². The Morgan fingerprint density at radius 3 is 2.38 bits per heavy atom. The number of hydrogen-bond donors (Lipinski definition) is 0. The summed E-state index contributed by atoms with van der Waals surface area (Å²) >= 11 is 6.12. The minimum absolute atomic E-state index is 0.241. The summed E-state index contributed by atoms with van der Waals surface area (Å²) in [6, 6.07) is 14.5. The number of rotatable bonds is 5. The number of carbonyl (C=O) groups is 1. The van der Waals surface area contributed by atoms with Crippen molar-refractivity contribution in [3.05, 3.63) is 53.6 Å². The Hall–Kier alpha value is -2.21. The topological polar surface area (TPSA) is 29.5 Å². The van der Waals surface area contributed by atoms with Gasteiger partial charge in [-0.05, 0) is 23.3 Å². The summed E-state index contributed by atoms with van der Waals surface area (Å²) in [5, 5.41) is 0.280. The molecule has 0 saturated heterocycles. The van der Waals surface area contributed by atoms with E-state index in [1.54, 1.807) is 18.2 Å². The molecule has 2 aromatic rings. The summed E-state index contributed by atoms with van der Waals surface area (Å²) in [4.78, 5) is 12.2. The largest absolute Gasteiger partial charge is 0.482 e. The zero-order chi connectivity index (χ0) is 17.7. The summed E-state index contributed by atoms with van der Waals surface area (Å²) < 4.78 is 42.0. The molecular formula is C17H15ClF3NO2. The van der Waals surface area contributed by atoms with E-state index in [2.05, 4.69) is 0 Å². The normalized spacial score (nSPS) is 11.2. The Bertz CT molecular complexity index is 705. The molecule has 0 spiro atoms. The van der Waals surface area contributed by atoms with Crippen LogP contribution in [0.25, 0.3) is 11.1 Å². The quantitative estimate of drug-likeness (QED) is 0.793. The van der Waals surface area contributed by atoms with E-state index in [4.69, 9.17) is 16.3 Å². The monoisotopic (exact) mass is 357 g/mol. The van der Waals surface area contributed by atoms with Crippen molar-refractivity contribution in [3.63, 3.8) is 0 Å². The van der Waals surface area contributed by atoms with Crippen molar-refractivity contribution in [2.45, 2.75) is 6.18 Å². The molecule has 0 saturated carbocycles. The molecule has 0 heterocycles. The Morgan fingerprint density at radius 1 is 1.12 bits per heavy atom. The molecule has 0 aromatic heterocycles. The molecule has 0 fully saturated rings. The lowest BCUT2D eigenvalue weighted by Gasteiger charge is -2.19. The van der Waals surface area contributed by atoms with E-state index in [-0.39, 0.29) is 10.8 Å². The zero-order valence-electron chi connectivity index (χ0n) is 12.8. The highest BCUT2D eigenvalue weighted by Crippen LogP contribution is 2.30. The lowest BCUT2D eigenvalue weighted by Crippen LogP contribution is -2.38. The van der Waals surface area contributed by atoms with Crippen molar-refractivity contribution < 1.29 is 22.7 Å². The highest BCUT2D eigenvalue weighted by Gasteiger charge is 2.31. The number of hydrogen-bond acceptors (Lipinski definition) is 2. The van der Waals surface area contributed by atoms with E-state index >= 15 is 0 Å². The summed E-state index contributed by atoms with van der Waals surface area (Å²) in [7, 11) is 1.07. The first kappa shape index (κ1) is 18.1. The molecule has 0 bridgehead atoms. The summed E-state index contributed by atoms with van der Waals surface area (Å²) in [5.41, 5.74) is 1.83. The Kier molecular flexibility index (Phi) is 5.72. The number of nitrogens with zero attached hydrogens (tertiary/aromatic N) is 1. The number of benzene rings is 2. The molecule has 2 rings (SSSR count). The maximum atomic E-state index is 12.2. The van der Waals surface area contributed by atoms with Gasteiger partial charge in [0.25, 0.3) is 5.91 Å². The average Bonchev–Trinajstić information content (AvgIpc) is 2.52. The van der Waals surface area contributed by atoms with Crippen LogP contribution in [0.15, 0.2) is 48.5 Å². The Balaban J connectivity index is 2.00. The van der Waals surface area contributed by atoms with Gasteiger partial charge in [0.2, 0.25) is 0 Å². The number of halogens is 4. The minimum Gasteiger partial charge on any atom is -0.482 e. The van der Waals surface area contributed by atoms with E-state index in [1.165, 1.54) is 0 Å². The van der Waals surface area contributed by atoms with Gasteiger partial charge in [-0.3, -0.25) is 4.79 Å². The second-order valence-electron chi connectivity index (χ2n) is 5.16. The maximum absolute atomic E-state index is 12.2. The van der Waals surface area contributed by atoms with Gasteiger partial charge < -0.3 is 9.64 Å². The van der Waals surface area contributed by atoms with Crippen molar-refractivity contribution in [2.24, 2.45) is 0 Å². The molecule has 0 unspecified atom stereocenters. The highest BCUT2D eigenvalue weighted by molar-refractivity contribution is 6.32. The molecule has 0 N–H and O–H groups in total. The van der Waals surface area contributed by atoms with Crippen LogP contribution in [0.3, 0.4) is 0 Å². The first-order valence-corrected chi connectivity index (χ1v) is 7.42. The number of likely N-dealkylation sites (N-methyl/N-ethyl adjacent to an activating group) is 1. The third-order valence-corrected chi connectivity index (χ3v) is 3.53. The molecule has 7 heteroatoms. The first-order valence-electron chi connectivity index (χ1n) is 7.05. The summed E-state index contributed by atoms with van der Waals surface area (Å²) in [6.07, 6.45) is -4.45. The highest BCUT2D eigenvalue weighted by atomic mass is 35.5. The Morgan fingerprint density at radius 2 is 1.79 bits per heavy atom. The van der Waals surface area contributed by atoms with Gasteiger partial charge in [0.1, 0.15) is 12.3 Å². The smallest absolute Gasteiger partial charge is 0.406 e. The van der Waals surface area contributed by atoms with Crippen molar-refractivity contribution >= 4 is 17.5 Å².